The molecule has 0 spiro atoms. The predicted molar refractivity (Wildman–Crippen MR) is 119 cm³/mol. The number of nitrogens with zero attached hydrogens (tertiary/aromatic N) is 1. The third-order valence-corrected chi connectivity index (χ3v) is 7.12. The van der Waals surface area contributed by atoms with Crippen LogP contribution in [0.1, 0.15) is 30.9 Å². The van der Waals surface area contributed by atoms with Crippen LogP contribution in [0.2, 0.25) is 0 Å². The van der Waals surface area contributed by atoms with Gasteiger partial charge in [0, 0.05) is 11.1 Å². The first-order chi connectivity index (χ1) is 14.6. The second kappa shape index (κ2) is 8.67. The summed E-state index contributed by atoms with van der Waals surface area (Å²) in [5.41, 5.74) is 2.40. The smallest absolute Gasteiger partial charge is 0.214 e. The van der Waals surface area contributed by atoms with Crippen molar-refractivity contribution in [1.82, 2.24) is 4.98 Å². The highest BCUT2D eigenvalue weighted by atomic mass is 32.2. The van der Waals surface area contributed by atoms with Gasteiger partial charge >= 0.3 is 0 Å². The van der Waals surface area contributed by atoms with Crippen LogP contribution in [-0.4, -0.2) is 13.4 Å². The Balaban J connectivity index is 1.88. The Morgan fingerprint density at radius 3 is 1.90 bits per heavy atom. The summed E-state index contributed by atoms with van der Waals surface area (Å²) in [6, 6.07) is 27.9. The minimum absolute atomic E-state index is 0.235. The van der Waals surface area contributed by atoms with E-state index in [2.05, 4.69) is 0 Å². The summed E-state index contributed by atoms with van der Waals surface area (Å²) in [5.74, 6) is 0.819. The molecule has 1 aromatic heterocycles. The highest BCUT2D eigenvalue weighted by Gasteiger charge is 2.34. The molecule has 4 nitrogen and oxygen atoms in total. The molecule has 0 saturated carbocycles. The van der Waals surface area contributed by atoms with Crippen LogP contribution in [0.25, 0.3) is 22.6 Å². The van der Waals surface area contributed by atoms with E-state index in [1.165, 1.54) is 0 Å². The molecule has 1 atom stereocenters. The maximum Gasteiger partial charge on any atom is 0.214 e. The number of hydrogen-bond donors (Lipinski definition) is 0. The van der Waals surface area contributed by atoms with Gasteiger partial charge in [-0.25, -0.2) is 13.4 Å². The van der Waals surface area contributed by atoms with Gasteiger partial charge in [0.2, 0.25) is 5.89 Å². The quantitative estimate of drug-likeness (QED) is 0.353. The average molecular weight is 418 g/mol. The second-order valence-electron chi connectivity index (χ2n) is 7.10. The van der Waals surface area contributed by atoms with Gasteiger partial charge in [0.25, 0.3) is 0 Å². The topological polar surface area (TPSA) is 60.2 Å². The molecule has 1 unspecified atom stereocenters. The number of benzene rings is 3. The second-order valence-corrected chi connectivity index (χ2v) is 9.23. The summed E-state index contributed by atoms with van der Waals surface area (Å²) in [6.45, 7) is 1.96. The highest BCUT2D eigenvalue weighted by Crippen LogP contribution is 2.39. The normalized spacial score (nSPS) is 12.6. The van der Waals surface area contributed by atoms with E-state index in [-0.39, 0.29) is 10.8 Å². The van der Waals surface area contributed by atoms with E-state index in [1.54, 1.807) is 30.3 Å². The molecule has 1 heterocycles. The van der Waals surface area contributed by atoms with E-state index in [0.29, 0.717) is 24.3 Å². The van der Waals surface area contributed by atoms with Crippen molar-refractivity contribution in [3.63, 3.8) is 0 Å². The zero-order chi connectivity index (χ0) is 21.0. The first-order valence-electron chi connectivity index (χ1n) is 10.0. The first kappa shape index (κ1) is 20.1. The van der Waals surface area contributed by atoms with Crippen molar-refractivity contribution in [3.05, 3.63) is 96.9 Å². The van der Waals surface area contributed by atoms with Crippen LogP contribution in [0.15, 0.2) is 100 Å². The Hall–Kier alpha value is -3.18. The molecule has 0 amide bonds. The number of hydrogen-bond acceptors (Lipinski definition) is 4. The van der Waals surface area contributed by atoms with Crippen LogP contribution < -0.4 is 0 Å². The Labute approximate surface area is 177 Å². The Bertz CT molecular complexity index is 1140. The molecule has 0 aliphatic rings. The van der Waals surface area contributed by atoms with Gasteiger partial charge in [0.15, 0.2) is 15.6 Å². The summed E-state index contributed by atoms with van der Waals surface area (Å²) >= 11 is 0. The van der Waals surface area contributed by atoms with E-state index in [4.69, 9.17) is 9.40 Å². The van der Waals surface area contributed by atoms with Gasteiger partial charge in [0.1, 0.15) is 10.9 Å². The minimum atomic E-state index is -3.64. The number of rotatable bonds is 7. The molecular weight excluding hydrogens is 394 g/mol. The molecule has 0 radical (unpaired) electrons. The van der Waals surface area contributed by atoms with Crippen molar-refractivity contribution < 1.29 is 12.8 Å². The first-order valence-corrected chi connectivity index (χ1v) is 11.6. The molecule has 0 aliphatic carbocycles. The van der Waals surface area contributed by atoms with Gasteiger partial charge < -0.3 is 4.42 Å². The summed E-state index contributed by atoms with van der Waals surface area (Å²) < 4.78 is 33.0. The van der Waals surface area contributed by atoms with Gasteiger partial charge in [-0.3, -0.25) is 0 Å². The minimum Gasteiger partial charge on any atom is -0.439 e. The summed E-state index contributed by atoms with van der Waals surface area (Å²) in [5, 5.41) is -0.843. The van der Waals surface area contributed by atoms with Gasteiger partial charge in [-0.1, -0.05) is 92.2 Å². The SMILES string of the molecule is CCCC(c1nc(-c2ccccc2)c(-c2ccccc2)o1)S(=O)(=O)c1ccccc1. The van der Waals surface area contributed by atoms with Crippen molar-refractivity contribution in [2.45, 2.75) is 29.9 Å². The fourth-order valence-electron chi connectivity index (χ4n) is 3.50. The Morgan fingerprint density at radius 1 is 0.800 bits per heavy atom. The zero-order valence-electron chi connectivity index (χ0n) is 16.7. The van der Waals surface area contributed by atoms with E-state index in [0.717, 1.165) is 11.1 Å². The zero-order valence-corrected chi connectivity index (χ0v) is 17.5. The predicted octanol–water partition coefficient (Wildman–Crippen LogP) is 6.32. The van der Waals surface area contributed by atoms with E-state index < -0.39 is 15.1 Å². The van der Waals surface area contributed by atoms with Crippen LogP contribution in [0.3, 0.4) is 0 Å². The molecule has 0 saturated heterocycles. The standard InChI is InChI=1S/C25H23NO3S/c1-2-12-22(30(27,28)21-17-10-5-11-18-21)25-26-23(19-13-6-3-7-14-19)24(29-25)20-15-8-4-9-16-20/h3-11,13-18,22H,2,12H2,1H3. The van der Waals surface area contributed by atoms with Crippen molar-refractivity contribution in [1.29, 1.82) is 0 Å². The largest absolute Gasteiger partial charge is 0.439 e. The van der Waals surface area contributed by atoms with Crippen LogP contribution in [0.5, 0.6) is 0 Å². The monoisotopic (exact) mass is 417 g/mol. The third kappa shape index (κ3) is 3.94. The Kier molecular flexibility index (Phi) is 5.81. The lowest BCUT2D eigenvalue weighted by Gasteiger charge is -2.14. The molecule has 0 fully saturated rings. The van der Waals surface area contributed by atoms with Gasteiger partial charge in [-0.05, 0) is 18.6 Å². The van der Waals surface area contributed by atoms with Crippen molar-refractivity contribution >= 4 is 9.84 Å². The summed E-state index contributed by atoms with van der Waals surface area (Å²) in [7, 11) is -3.64. The van der Waals surface area contributed by atoms with E-state index >= 15 is 0 Å². The lowest BCUT2D eigenvalue weighted by molar-refractivity contribution is 0.474. The molecule has 152 valence electrons. The molecule has 30 heavy (non-hydrogen) atoms. The highest BCUT2D eigenvalue weighted by molar-refractivity contribution is 7.91. The van der Waals surface area contributed by atoms with Crippen LogP contribution in [-0.2, 0) is 9.84 Å². The molecule has 4 aromatic rings. The molecule has 0 N–H and O–H groups in total. The average Bonchev–Trinajstić information content (AvgIpc) is 3.24. The lowest BCUT2D eigenvalue weighted by atomic mass is 10.1. The maximum atomic E-state index is 13.4. The van der Waals surface area contributed by atoms with Crippen LogP contribution in [0, 0.1) is 0 Å². The molecule has 0 aliphatic heterocycles. The van der Waals surface area contributed by atoms with Gasteiger partial charge in [0.05, 0.1) is 4.90 Å². The van der Waals surface area contributed by atoms with Gasteiger partial charge in [-0.15, -0.1) is 0 Å². The van der Waals surface area contributed by atoms with Crippen LogP contribution in [0.4, 0.5) is 0 Å². The van der Waals surface area contributed by atoms with E-state index in [9.17, 15) is 8.42 Å². The number of oxazole rings is 1. The number of sulfone groups is 1. The Morgan fingerprint density at radius 2 is 1.33 bits per heavy atom. The molecular formula is C25H23NO3S. The fraction of sp³-hybridized carbons (Fsp3) is 0.160. The fourth-order valence-corrected chi connectivity index (χ4v) is 5.28. The number of aromatic nitrogens is 1. The van der Waals surface area contributed by atoms with Gasteiger partial charge in [-0.2, -0.15) is 0 Å². The van der Waals surface area contributed by atoms with Crippen molar-refractivity contribution in [2.75, 3.05) is 0 Å². The maximum absolute atomic E-state index is 13.4. The lowest BCUT2D eigenvalue weighted by Crippen LogP contribution is -2.14. The van der Waals surface area contributed by atoms with Crippen molar-refractivity contribution in [2.24, 2.45) is 0 Å². The molecule has 5 heteroatoms. The summed E-state index contributed by atoms with van der Waals surface area (Å²) in [4.78, 5) is 5.00. The molecule has 0 bridgehead atoms. The van der Waals surface area contributed by atoms with Crippen LogP contribution >= 0.6 is 0 Å². The van der Waals surface area contributed by atoms with E-state index in [1.807, 2.05) is 67.6 Å². The molecule has 3 aromatic carbocycles. The summed E-state index contributed by atoms with van der Waals surface area (Å²) in [6.07, 6.45) is 1.13. The van der Waals surface area contributed by atoms with Crippen molar-refractivity contribution in [3.8, 4) is 22.6 Å². The molecule has 4 rings (SSSR count). The third-order valence-electron chi connectivity index (χ3n) is 5.00.